The maximum atomic E-state index is 10.3. The minimum atomic E-state index is -2.74. The normalized spacial score (nSPS) is 9.40. The van der Waals surface area contributed by atoms with Crippen molar-refractivity contribution in [3.8, 4) is 0 Å². The summed E-state index contributed by atoms with van der Waals surface area (Å²) in [4.78, 5) is 30.5. The fourth-order valence-corrected chi connectivity index (χ4v) is 0.714. The van der Waals surface area contributed by atoms with Crippen LogP contribution in [0.1, 0.15) is 12.8 Å². The molecule has 0 aliphatic carbocycles. The van der Waals surface area contributed by atoms with Gasteiger partial charge in [0.05, 0.1) is 12.8 Å². The molecule has 0 fully saturated rings. The Labute approximate surface area is 133 Å². The van der Waals surface area contributed by atoms with Gasteiger partial charge in [0.2, 0.25) is 0 Å². The van der Waals surface area contributed by atoms with Gasteiger partial charge in [0.1, 0.15) is 0 Å². The van der Waals surface area contributed by atoms with E-state index in [0.717, 1.165) is 0 Å². The predicted octanol–water partition coefficient (Wildman–Crippen LogP) is -7.24. The number of rotatable bonds is 5. The molecule has 0 aromatic rings. The first-order valence-corrected chi connectivity index (χ1v) is 3.17. The summed E-state index contributed by atoms with van der Waals surface area (Å²) in [6.07, 6.45) is -2.29. The van der Waals surface area contributed by atoms with Crippen LogP contribution in [0.2, 0.25) is 0 Å². The molecule has 0 bridgehead atoms. The third kappa shape index (κ3) is 8.14. The van der Waals surface area contributed by atoms with E-state index in [-0.39, 0.29) is 63.8 Å². The molecule has 9 heteroatoms. The van der Waals surface area contributed by atoms with Crippen molar-refractivity contribution in [2.24, 2.45) is 0 Å². The monoisotopic (exact) mass is 266 g/mol. The van der Waals surface area contributed by atoms with Crippen molar-refractivity contribution >= 4 is 17.9 Å². The standard InChI is InChI=1S/C6H8O7.ClH.K/c7-3(8)1-6(13,5(11)12)2-4(9)10;;/h13H,1-2H2,(H,7,8)(H,9,10)(H,11,12);1H;/q;;+1/p-1. The first-order chi connectivity index (χ1) is 5.78. The second-order valence-corrected chi connectivity index (χ2v) is 2.48. The van der Waals surface area contributed by atoms with Crippen molar-refractivity contribution in [1.82, 2.24) is 0 Å². The number of carbonyl (C=O) groups is 3. The maximum absolute atomic E-state index is 10.3. The van der Waals surface area contributed by atoms with Gasteiger partial charge in [-0.3, -0.25) is 9.59 Å². The smallest absolute Gasteiger partial charge is 1.00 e. The van der Waals surface area contributed by atoms with Crippen LogP contribution >= 0.6 is 0 Å². The average Bonchev–Trinajstić information content (AvgIpc) is 1.82. The summed E-state index contributed by atoms with van der Waals surface area (Å²) < 4.78 is 0. The summed E-state index contributed by atoms with van der Waals surface area (Å²) in [7, 11) is 0. The molecular weight excluding hydrogens is 259 g/mol. The second-order valence-electron chi connectivity index (χ2n) is 2.48. The zero-order valence-corrected chi connectivity index (χ0v) is 11.7. The Hall–Kier alpha value is 0.296. The van der Waals surface area contributed by atoms with Crippen LogP contribution in [0.5, 0.6) is 0 Å². The molecule has 0 aromatic heterocycles. The number of halogens is 1. The quantitative estimate of drug-likeness (QED) is 0.364. The molecule has 0 unspecified atom stereocenters. The molecule has 7 nitrogen and oxygen atoms in total. The van der Waals surface area contributed by atoms with Gasteiger partial charge >= 0.3 is 69.3 Å². The van der Waals surface area contributed by atoms with Crippen molar-refractivity contribution < 1.29 is 98.6 Å². The van der Waals surface area contributed by atoms with Crippen LogP contribution in [0.25, 0.3) is 0 Å². The Morgan fingerprint density at radius 1 is 0.933 bits per heavy atom. The number of carboxylic acid groups (broad SMARTS) is 3. The Balaban J connectivity index is -0.000000720. The number of carboxylic acids is 3. The summed E-state index contributed by atoms with van der Waals surface area (Å²) in [5, 5.41) is 33.8. The second kappa shape index (κ2) is 8.45. The van der Waals surface area contributed by atoms with E-state index in [2.05, 4.69) is 0 Å². The van der Waals surface area contributed by atoms with Crippen LogP contribution in [0.4, 0.5) is 0 Å². The van der Waals surface area contributed by atoms with E-state index < -0.39 is 36.4 Å². The van der Waals surface area contributed by atoms with Crippen LogP contribution < -0.4 is 63.8 Å². The molecule has 15 heavy (non-hydrogen) atoms. The van der Waals surface area contributed by atoms with E-state index in [4.69, 9.17) is 20.4 Å². The third-order valence-electron chi connectivity index (χ3n) is 1.29. The molecule has 0 spiro atoms. The Morgan fingerprint density at radius 2 is 1.20 bits per heavy atom. The molecule has 0 rings (SSSR count). The molecule has 0 amide bonds. The van der Waals surface area contributed by atoms with Gasteiger partial charge in [-0.05, 0) is 0 Å². The zero-order valence-electron chi connectivity index (χ0n) is 7.81. The largest absolute Gasteiger partial charge is 1.00 e. The van der Waals surface area contributed by atoms with Crippen molar-refractivity contribution in [3.63, 3.8) is 0 Å². The van der Waals surface area contributed by atoms with Crippen molar-refractivity contribution in [1.29, 1.82) is 0 Å². The summed E-state index contributed by atoms with van der Waals surface area (Å²) in [6.45, 7) is 0. The van der Waals surface area contributed by atoms with Gasteiger partial charge < -0.3 is 32.8 Å². The molecule has 82 valence electrons. The summed E-state index contributed by atoms with van der Waals surface area (Å²) in [5.74, 6) is -5.02. The maximum Gasteiger partial charge on any atom is 1.00 e. The van der Waals surface area contributed by atoms with E-state index in [9.17, 15) is 14.4 Å². The van der Waals surface area contributed by atoms with E-state index in [0.29, 0.717) is 0 Å². The van der Waals surface area contributed by atoms with Crippen molar-refractivity contribution in [3.05, 3.63) is 0 Å². The third-order valence-corrected chi connectivity index (χ3v) is 1.29. The molecule has 0 heterocycles. The van der Waals surface area contributed by atoms with Crippen LogP contribution in [0, 0.1) is 0 Å². The van der Waals surface area contributed by atoms with E-state index in [1.165, 1.54) is 0 Å². The molecule has 0 aromatic carbocycles. The summed E-state index contributed by atoms with van der Waals surface area (Å²) >= 11 is 0. The first-order valence-electron chi connectivity index (χ1n) is 3.17. The summed E-state index contributed by atoms with van der Waals surface area (Å²) in [6, 6.07) is 0. The van der Waals surface area contributed by atoms with Gasteiger partial charge in [-0.15, -0.1) is 0 Å². The van der Waals surface area contributed by atoms with E-state index in [1.54, 1.807) is 0 Å². The summed E-state index contributed by atoms with van der Waals surface area (Å²) in [5.41, 5.74) is -2.74. The molecule has 0 radical (unpaired) electrons. The van der Waals surface area contributed by atoms with Gasteiger partial charge in [0, 0.05) is 0 Å². The number of aliphatic hydroxyl groups is 1. The minimum Gasteiger partial charge on any atom is -1.00 e. The Bertz CT molecular complexity index is 238. The SMILES string of the molecule is O=C(O)CC(O)(CC(=O)O)C(=O)O.[Cl-].[K+]. The van der Waals surface area contributed by atoms with Crippen molar-refractivity contribution in [2.45, 2.75) is 18.4 Å². The Kier molecular flexibility index (Phi) is 11.6. The van der Waals surface area contributed by atoms with Gasteiger partial charge in [-0.1, -0.05) is 0 Å². The number of hydrogen-bond acceptors (Lipinski definition) is 4. The average molecular weight is 267 g/mol. The molecular formula is C6H8ClKO7. The molecule has 0 saturated carbocycles. The van der Waals surface area contributed by atoms with Gasteiger partial charge in [0.25, 0.3) is 0 Å². The molecule has 0 aliphatic rings. The van der Waals surface area contributed by atoms with Crippen LogP contribution in [0.15, 0.2) is 0 Å². The fourth-order valence-electron chi connectivity index (χ4n) is 0.714. The van der Waals surface area contributed by atoms with Gasteiger partial charge in [0.15, 0.2) is 5.60 Å². The molecule has 0 atom stereocenters. The van der Waals surface area contributed by atoms with Gasteiger partial charge in [-0.25, -0.2) is 4.79 Å². The van der Waals surface area contributed by atoms with E-state index >= 15 is 0 Å². The van der Waals surface area contributed by atoms with E-state index in [1.807, 2.05) is 0 Å². The minimum absolute atomic E-state index is 0. The fraction of sp³-hybridized carbons (Fsp3) is 0.500. The number of hydrogen-bond donors (Lipinski definition) is 4. The topological polar surface area (TPSA) is 132 Å². The molecule has 0 saturated heterocycles. The number of aliphatic carboxylic acids is 3. The van der Waals surface area contributed by atoms with Gasteiger partial charge in [-0.2, -0.15) is 0 Å². The van der Waals surface area contributed by atoms with Crippen molar-refractivity contribution in [2.75, 3.05) is 0 Å². The zero-order chi connectivity index (χ0) is 10.6. The first kappa shape index (κ1) is 20.7. The molecule has 4 N–H and O–H groups in total. The van der Waals surface area contributed by atoms with Crippen LogP contribution in [-0.2, 0) is 14.4 Å². The Morgan fingerprint density at radius 3 is 1.33 bits per heavy atom. The molecule has 0 aliphatic heterocycles. The van der Waals surface area contributed by atoms with Crippen LogP contribution in [0.3, 0.4) is 0 Å². The predicted molar refractivity (Wildman–Crippen MR) is 37.1 cm³/mol. The van der Waals surface area contributed by atoms with Crippen LogP contribution in [-0.4, -0.2) is 43.9 Å².